The summed E-state index contributed by atoms with van der Waals surface area (Å²) in [6.45, 7) is 13.3. The Morgan fingerprint density at radius 2 is 1.65 bits per heavy atom. The first-order valence-electron chi connectivity index (χ1n) is 16.6. The summed E-state index contributed by atoms with van der Waals surface area (Å²) in [4.78, 5) is 27.1. The van der Waals surface area contributed by atoms with E-state index in [1.165, 1.54) is 28.5 Å². The van der Waals surface area contributed by atoms with Crippen molar-refractivity contribution < 1.29 is 10.2 Å². The summed E-state index contributed by atoms with van der Waals surface area (Å²) in [5.41, 5.74) is -2.21. The summed E-state index contributed by atoms with van der Waals surface area (Å²) in [6.07, 6.45) is 15.1. The van der Waals surface area contributed by atoms with Crippen LogP contribution in [0.2, 0.25) is 0 Å². The van der Waals surface area contributed by atoms with E-state index in [9.17, 15) is 19.8 Å². The number of hydrogen-bond acceptors (Lipinski definition) is 4. The van der Waals surface area contributed by atoms with E-state index in [0.29, 0.717) is 48.1 Å². The molecular weight excluding hydrogens is 538 g/mol. The second-order valence-electron chi connectivity index (χ2n) is 15.8. The smallest absolute Gasteiger partial charge is 0.354 e. The van der Waals surface area contributed by atoms with Gasteiger partial charge < -0.3 is 10.2 Å². The molecule has 0 radical (unpaired) electrons. The van der Waals surface area contributed by atoms with Gasteiger partial charge in [-0.25, -0.2) is 18.8 Å². The second kappa shape index (κ2) is 9.43. The molecule has 2 N–H and O–H groups in total. The third kappa shape index (κ3) is 3.86. The molecule has 0 bridgehead atoms. The lowest BCUT2D eigenvalue weighted by Crippen LogP contribution is -2.68. The van der Waals surface area contributed by atoms with Gasteiger partial charge in [-0.1, -0.05) is 77.1 Å². The van der Waals surface area contributed by atoms with Gasteiger partial charge in [-0.2, -0.15) is 4.68 Å². The zero-order valence-electron chi connectivity index (χ0n) is 26.6. The van der Waals surface area contributed by atoms with E-state index in [0.717, 1.165) is 6.42 Å². The molecule has 2 aromatic rings. The van der Waals surface area contributed by atoms with Crippen LogP contribution in [0.1, 0.15) is 86.1 Å². The highest BCUT2D eigenvalue weighted by atomic mass is 16.3. The molecule has 0 amide bonds. The molecule has 11 atom stereocenters. The predicted octanol–water partition coefficient (Wildman–Crippen LogP) is 5.64. The molecule has 1 aromatic carbocycles. The molecule has 5 aliphatic rings. The van der Waals surface area contributed by atoms with Crippen molar-refractivity contribution >= 4 is 0 Å². The van der Waals surface area contributed by atoms with Crippen LogP contribution in [0.5, 0.6) is 0 Å². The number of allylic oxidation sites excluding steroid dienone is 3. The molecule has 3 saturated carbocycles. The molecular formula is C36H49N3O4. The molecule has 3 fully saturated rings. The standard InChI is InChI=1S/C36H49N3O4/c1-22(2)35(6,42)19-16-23(3)27-14-15-28-26-13-12-24-20-36(43)30(21-34(24,5)29(26)17-18-33(27,28)4)38-31(40)37(32(41)39(36)38)25-10-8-7-9-11-25/h7-13,16,19,22-24,26-30,42-43H,14-15,17-18,20-21H2,1-6H3/t23-,24?,26-,27-,28+,29+,30?,33-,34+,35-,36-/m1/s1. The molecule has 0 spiro atoms. The minimum Gasteiger partial charge on any atom is -0.386 e. The van der Waals surface area contributed by atoms with Crippen LogP contribution < -0.4 is 11.4 Å². The van der Waals surface area contributed by atoms with E-state index < -0.39 is 23.1 Å². The largest absolute Gasteiger partial charge is 0.386 e. The summed E-state index contributed by atoms with van der Waals surface area (Å²) in [7, 11) is 0. The van der Waals surface area contributed by atoms with Gasteiger partial charge in [-0.15, -0.1) is 0 Å². The lowest BCUT2D eigenvalue weighted by atomic mass is 9.45. The number of aromatic nitrogens is 3. The number of rotatable bonds is 5. The maximum Gasteiger partial charge on any atom is 0.354 e. The molecule has 7 nitrogen and oxygen atoms in total. The molecule has 1 aromatic heterocycles. The Morgan fingerprint density at radius 3 is 2.35 bits per heavy atom. The van der Waals surface area contributed by atoms with E-state index >= 15 is 0 Å². The number of benzene rings is 1. The fraction of sp³-hybridized carbons (Fsp3) is 0.667. The van der Waals surface area contributed by atoms with E-state index in [4.69, 9.17) is 0 Å². The molecule has 232 valence electrons. The summed E-state index contributed by atoms with van der Waals surface area (Å²) in [6, 6.07) is 8.64. The lowest BCUT2D eigenvalue weighted by molar-refractivity contribution is -0.244. The minimum atomic E-state index is -1.34. The highest BCUT2D eigenvalue weighted by Crippen LogP contribution is 2.69. The van der Waals surface area contributed by atoms with E-state index in [1.54, 1.807) is 16.8 Å². The van der Waals surface area contributed by atoms with Gasteiger partial charge in [0.05, 0.1) is 11.3 Å². The van der Waals surface area contributed by atoms with Gasteiger partial charge in [0.2, 0.25) is 0 Å². The van der Waals surface area contributed by atoms with Crippen molar-refractivity contribution in [1.29, 1.82) is 0 Å². The van der Waals surface area contributed by atoms with Gasteiger partial charge in [-0.3, -0.25) is 0 Å². The summed E-state index contributed by atoms with van der Waals surface area (Å²) in [5, 5.41) is 22.8. The van der Waals surface area contributed by atoms with Crippen molar-refractivity contribution in [2.75, 3.05) is 0 Å². The average Bonchev–Trinajstić information content (AvgIpc) is 3.43. The highest BCUT2D eigenvalue weighted by Gasteiger charge is 2.66. The van der Waals surface area contributed by atoms with Crippen molar-refractivity contribution in [1.82, 2.24) is 13.9 Å². The third-order valence-corrected chi connectivity index (χ3v) is 13.5. The zero-order chi connectivity index (χ0) is 30.7. The molecule has 1 aliphatic heterocycles. The van der Waals surface area contributed by atoms with Crippen LogP contribution in [-0.4, -0.2) is 29.7 Å². The Bertz CT molecular complexity index is 1600. The third-order valence-electron chi connectivity index (χ3n) is 13.5. The lowest BCUT2D eigenvalue weighted by Gasteiger charge is -2.63. The maximum atomic E-state index is 13.6. The van der Waals surface area contributed by atoms with Crippen molar-refractivity contribution in [2.24, 2.45) is 52.3 Å². The zero-order valence-corrected chi connectivity index (χ0v) is 26.6. The van der Waals surface area contributed by atoms with Crippen LogP contribution in [0.15, 0.2) is 64.2 Å². The number of para-hydroxylation sites is 1. The quantitative estimate of drug-likeness (QED) is 0.443. The van der Waals surface area contributed by atoms with Gasteiger partial charge in [-0.05, 0) is 103 Å². The number of nitrogens with zero attached hydrogens (tertiary/aromatic N) is 3. The topological polar surface area (TPSA) is 89.4 Å². The van der Waals surface area contributed by atoms with Gasteiger partial charge in [0.25, 0.3) is 0 Å². The van der Waals surface area contributed by atoms with E-state index in [1.807, 2.05) is 31.2 Å². The number of fused-ring (bicyclic) bond motifs is 9. The highest BCUT2D eigenvalue weighted by molar-refractivity contribution is 5.31. The molecule has 7 heteroatoms. The van der Waals surface area contributed by atoms with E-state index in [2.05, 4.69) is 52.8 Å². The first kappa shape index (κ1) is 29.1. The van der Waals surface area contributed by atoms with Gasteiger partial charge in [0.15, 0.2) is 5.72 Å². The fourth-order valence-electron chi connectivity index (χ4n) is 10.5. The maximum absolute atomic E-state index is 13.6. The molecule has 0 saturated heterocycles. The minimum absolute atomic E-state index is 0.0488. The van der Waals surface area contributed by atoms with Crippen molar-refractivity contribution in [3.05, 3.63) is 75.6 Å². The van der Waals surface area contributed by atoms with Crippen molar-refractivity contribution in [2.45, 2.75) is 97.4 Å². The first-order valence-corrected chi connectivity index (χ1v) is 16.6. The van der Waals surface area contributed by atoms with Gasteiger partial charge in [0.1, 0.15) is 6.04 Å². The summed E-state index contributed by atoms with van der Waals surface area (Å²) >= 11 is 0. The van der Waals surface area contributed by atoms with Crippen molar-refractivity contribution in [3.63, 3.8) is 0 Å². The van der Waals surface area contributed by atoms with Crippen LogP contribution in [0.4, 0.5) is 0 Å². The van der Waals surface area contributed by atoms with E-state index in [-0.39, 0.29) is 28.4 Å². The monoisotopic (exact) mass is 587 g/mol. The Hall–Kier alpha value is -2.64. The Balaban J connectivity index is 1.17. The Morgan fingerprint density at radius 1 is 0.953 bits per heavy atom. The van der Waals surface area contributed by atoms with Crippen LogP contribution in [0.3, 0.4) is 0 Å². The van der Waals surface area contributed by atoms with Gasteiger partial charge >= 0.3 is 11.4 Å². The van der Waals surface area contributed by atoms with Crippen molar-refractivity contribution in [3.8, 4) is 5.69 Å². The number of hydrogen-bond donors (Lipinski definition) is 2. The predicted molar refractivity (Wildman–Crippen MR) is 168 cm³/mol. The summed E-state index contributed by atoms with van der Waals surface area (Å²) in [5.74, 6) is 2.91. The molecule has 2 heterocycles. The molecule has 2 unspecified atom stereocenters. The number of aliphatic hydroxyl groups is 2. The molecule has 43 heavy (non-hydrogen) atoms. The van der Waals surface area contributed by atoms with Crippen LogP contribution in [0, 0.1) is 52.3 Å². The SMILES string of the molecule is CC(C)[C@](C)(O)C=C[C@@H](C)[C@H]1CC[C@H]2[C@H]3C=CC4C[C@@]5(O)C(C[C@]4(C)[C@H]3CC[C@]12C)n1c(=O)n(-c2ccccc2)c(=O)n15. The first-order chi connectivity index (χ1) is 20.2. The Kier molecular flexibility index (Phi) is 6.38. The molecule has 7 rings (SSSR count). The normalized spacial score (nSPS) is 41.5. The Labute approximate surface area is 254 Å². The van der Waals surface area contributed by atoms with Crippen LogP contribution in [-0.2, 0) is 5.72 Å². The van der Waals surface area contributed by atoms with Crippen LogP contribution >= 0.6 is 0 Å². The second-order valence-corrected chi connectivity index (χ2v) is 15.8. The molecule has 4 aliphatic carbocycles. The van der Waals surface area contributed by atoms with Crippen LogP contribution in [0.25, 0.3) is 5.69 Å². The van der Waals surface area contributed by atoms with Gasteiger partial charge in [0, 0.05) is 6.42 Å². The fourth-order valence-corrected chi connectivity index (χ4v) is 10.5. The summed E-state index contributed by atoms with van der Waals surface area (Å²) < 4.78 is 4.09. The average molecular weight is 588 g/mol.